The van der Waals surface area contributed by atoms with Gasteiger partial charge in [-0.15, -0.1) is 5.10 Å². The topological polar surface area (TPSA) is 93.2 Å². The van der Waals surface area contributed by atoms with E-state index in [0.29, 0.717) is 17.1 Å². The Balaban J connectivity index is 1.69. The molecule has 3 aromatic rings. The molecule has 0 fully saturated rings. The summed E-state index contributed by atoms with van der Waals surface area (Å²) in [6.45, 7) is 5.26. The lowest BCUT2D eigenvalue weighted by molar-refractivity contribution is 0.0512. The van der Waals surface area contributed by atoms with Gasteiger partial charge in [0.25, 0.3) is 5.91 Å². The van der Waals surface area contributed by atoms with Gasteiger partial charge in [0.05, 0.1) is 18.4 Å². The van der Waals surface area contributed by atoms with Crippen LogP contribution in [0.25, 0.3) is 5.69 Å². The van der Waals surface area contributed by atoms with Crippen molar-refractivity contribution in [3.63, 3.8) is 0 Å². The molecule has 0 aliphatic heterocycles. The molecule has 0 aliphatic rings. The first-order valence-electron chi connectivity index (χ1n) is 7.93. The molecule has 7 nitrogen and oxygen atoms in total. The fourth-order valence-electron chi connectivity index (χ4n) is 2.66. The smallest absolute Gasteiger partial charge is 0.273 e. The monoisotopic (exact) mass is 340 g/mol. The quantitative estimate of drug-likeness (QED) is 0.742. The van der Waals surface area contributed by atoms with Crippen molar-refractivity contribution in [2.24, 2.45) is 0 Å². The Morgan fingerprint density at radius 1 is 1.32 bits per heavy atom. The molecule has 0 radical (unpaired) electrons. The minimum atomic E-state index is -1.24. The fourth-order valence-corrected chi connectivity index (χ4v) is 2.66. The number of carbonyl (C=O) groups is 1. The van der Waals surface area contributed by atoms with Crippen LogP contribution in [0.1, 0.15) is 34.5 Å². The molecule has 2 heterocycles. The number of para-hydroxylation sites is 1. The van der Waals surface area contributed by atoms with Crippen molar-refractivity contribution in [2.45, 2.75) is 26.4 Å². The highest BCUT2D eigenvalue weighted by Gasteiger charge is 2.28. The van der Waals surface area contributed by atoms with Crippen molar-refractivity contribution in [2.75, 3.05) is 6.54 Å². The molecule has 1 aromatic carbocycles. The maximum atomic E-state index is 12.3. The van der Waals surface area contributed by atoms with Crippen LogP contribution in [-0.2, 0) is 5.60 Å². The van der Waals surface area contributed by atoms with E-state index in [2.05, 4.69) is 15.5 Å². The highest BCUT2D eigenvalue weighted by atomic mass is 16.3. The van der Waals surface area contributed by atoms with E-state index < -0.39 is 11.5 Å². The van der Waals surface area contributed by atoms with E-state index in [4.69, 9.17) is 4.42 Å². The van der Waals surface area contributed by atoms with E-state index in [1.54, 1.807) is 19.9 Å². The first-order valence-corrected chi connectivity index (χ1v) is 7.93. The summed E-state index contributed by atoms with van der Waals surface area (Å²) in [5, 5.41) is 21.6. The normalized spacial score (nSPS) is 13.4. The summed E-state index contributed by atoms with van der Waals surface area (Å²) >= 11 is 0. The van der Waals surface area contributed by atoms with E-state index in [1.165, 1.54) is 11.0 Å². The number of nitrogens with zero attached hydrogens (tertiary/aromatic N) is 3. The Bertz CT molecular complexity index is 881. The van der Waals surface area contributed by atoms with Gasteiger partial charge in [-0.05, 0) is 39.0 Å². The van der Waals surface area contributed by atoms with E-state index in [0.717, 1.165) is 5.69 Å². The molecule has 130 valence electrons. The molecule has 1 unspecified atom stereocenters. The van der Waals surface area contributed by atoms with Crippen LogP contribution in [0.15, 0.2) is 47.0 Å². The van der Waals surface area contributed by atoms with Gasteiger partial charge >= 0.3 is 0 Å². The molecule has 0 spiro atoms. The number of amides is 1. The summed E-state index contributed by atoms with van der Waals surface area (Å²) in [6.07, 6.45) is 1.39. The molecule has 2 N–H and O–H groups in total. The van der Waals surface area contributed by atoms with E-state index in [1.807, 2.05) is 37.3 Å². The van der Waals surface area contributed by atoms with Gasteiger partial charge in [0, 0.05) is 5.56 Å². The third kappa shape index (κ3) is 3.61. The van der Waals surface area contributed by atoms with Crippen molar-refractivity contribution in [1.29, 1.82) is 0 Å². The Kier molecular flexibility index (Phi) is 4.41. The van der Waals surface area contributed by atoms with Gasteiger partial charge < -0.3 is 14.8 Å². The molecule has 1 amide bonds. The predicted molar refractivity (Wildman–Crippen MR) is 91.4 cm³/mol. The summed E-state index contributed by atoms with van der Waals surface area (Å²) in [5.74, 6) is 0.942. The Morgan fingerprint density at radius 3 is 2.68 bits per heavy atom. The van der Waals surface area contributed by atoms with Crippen molar-refractivity contribution < 1.29 is 14.3 Å². The number of carbonyl (C=O) groups excluding carboxylic acids is 1. The van der Waals surface area contributed by atoms with Crippen LogP contribution in [0.2, 0.25) is 0 Å². The number of nitrogens with one attached hydrogen (secondary N) is 1. The summed E-state index contributed by atoms with van der Waals surface area (Å²) in [6, 6.07) is 11.1. The standard InChI is InChI=1S/C18H20N4O3/c1-12-9-15(13(2)25-12)18(3,24)11-19-17(23)16-10-20-22(21-16)14-7-5-4-6-8-14/h4-10,24H,11H2,1-3H3,(H,19,23). The van der Waals surface area contributed by atoms with Gasteiger partial charge in [0.1, 0.15) is 17.1 Å². The van der Waals surface area contributed by atoms with Gasteiger partial charge in [0.15, 0.2) is 5.69 Å². The van der Waals surface area contributed by atoms with Gasteiger partial charge in [-0.1, -0.05) is 18.2 Å². The molecule has 0 saturated carbocycles. The van der Waals surface area contributed by atoms with Crippen LogP contribution in [0.5, 0.6) is 0 Å². The van der Waals surface area contributed by atoms with Gasteiger partial charge in [-0.2, -0.15) is 9.90 Å². The lowest BCUT2D eigenvalue weighted by Gasteiger charge is -2.23. The molecule has 7 heteroatoms. The van der Waals surface area contributed by atoms with Crippen LogP contribution in [0.4, 0.5) is 0 Å². The van der Waals surface area contributed by atoms with E-state index in [9.17, 15) is 9.90 Å². The van der Waals surface area contributed by atoms with E-state index >= 15 is 0 Å². The second-order valence-corrected chi connectivity index (χ2v) is 6.14. The summed E-state index contributed by atoms with van der Waals surface area (Å²) in [4.78, 5) is 13.7. The van der Waals surface area contributed by atoms with Crippen LogP contribution >= 0.6 is 0 Å². The number of aromatic nitrogens is 3. The van der Waals surface area contributed by atoms with Crippen molar-refractivity contribution >= 4 is 5.91 Å². The summed E-state index contributed by atoms with van der Waals surface area (Å²) < 4.78 is 5.45. The SMILES string of the molecule is Cc1cc(C(C)(O)CNC(=O)c2cnn(-c3ccccc3)n2)c(C)o1. The predicted octanol–water partition coefficient (Wildman–Crippen LogP) is 2.11. The Morgan fingerprint density at radius 2 is 2.04 bits per heavy atom. The van der Waals surface area contributed by atoms with Gasteiger partial charge in [0.2, 0.25) is 0 Å². The molecular weight excluding hydrogens is 320 g/mol. The molecule has 2 aromatic heterocycles. The molecule has 0 saturated heterocycles. The van der Waals surface area contributed by atoms with Gasteiger partial charge in [-0.25, -0.2) is 0 Å². The second-order valence-electron chi connectivity index (χ2n) is 6.14. The maximum absolute atomic E-state index is 12.3. The number of hydrogen-bond donors (Lipinski definition) is 2. The first kappa shape index (κ1) is 16.9. The maximum Gasteiger partial charge on any atom is 0.273 e. The third-order valence-corrected chi connectivity index (χ3v) is 3.93. The Hall–Kier alpha value is -2.93. The van der Waals surface area contributed by atoms with Crippen molar-refractivity contribution in [1.82, 2.24) is 20.3 Å². The Labute approximate surface area is 145 Å². The third-order valence-electron chi connectivity index (χ3n) is 3.93. The first-order chi connectivity index (χ1) is 11.9. The average Bonchev–Trinajstić information content (AvgIpc) is 3.20. The van der Waals surface area contributed by atoms with Crippen LogP contribution < -0.4 is 5.32 Å². The molecule has 25 heavy (non-hydrogen) atoms. The number of aliphatic hydroxyl groups is 1. The highest BCUT2D eigenvalue weighted by Crippen LogP contribution is 2.26. The summed E-state index contributed by atoms with van der Waals surface area (Å²) in [5.41, 5.74) is 0.350. The molecule has 0 aliphatic carbocycles. The second kappa shape index (κ2) is 6.52. The number of furan rings is 1. The number of hydrogen-bond acceptors (Lipinski definition) is 5. The zero-order chi connectivity index (χ0) is 18.0. The molecule has 3 rings (SSSR count). The minimum Gasteiger partial charge on any atom is -0.466 e. The molecule has 0 bridgehead atoms. The van der Waals surface area contributed by atoms with E-state index in [-0.39, 0.29) is 12.2 Å². The molecule has 1 atom stereocenters. The summed E-state index contributed by atoms with van der Waals surface area (Å²) in [7, 11) is 0. The van der Waals surface area contributed by atoms with Crippen LogP contribution in [-0.4, -0.2) is 32.6 Å². The zero-order valence-electron chi connectivity index (χ0n) is 14.4. The molecular formula is C18H20N4O3. The van der Waals surface area contributed by atoms with Crippen LogP contribution in [0, 0.1) is 13.8 Å². The van der Waals surface area contributed by atoms with Gasteiger partial charge in [-0.3, -0.25) is 4.79 Å². The minimum absolute atomic E-state index is 0.0316. The van der Waals surface area contributed by atoms with Crippen LogP contribution in [0.3, 0.4) is 0 Å². The lowest BCUT2D eigenvalue weighted by atomic mass is 9.96. The zero-order valence-corrected chi connectivity index (χ0v) is 14.4. The fraction of sp³-hybridized carbons (Fsp3) is 0.278. The number of rotatable bonds is 5. The average molecular weight is 340 g/mol. The largest absolute Gasteiger partial charge is 0.466 e. The number of aryl methyl sites for hydroxylation is 2. The lowest BCUT2D eigenvalue weighted by Crippen LogP contribution is -2.39. The number of benzene rings is 1. The van der Waals surface area contributed by atoms with Crippen molar-refractivity contribution in [3.8, 4) is 5.69 Å². The highest BCUT2D eigenvalue weighted by molar-refractivity contribution is 5.91. The van der Waals surface area contributed by atoms with Crippen molar-refractivity contribution in [3.05, 3.63) is 65.4 Å².